The average Bonchev–Trinajstić information content (AvgIpc) is 2.95. The Morgan fingerprint density at radius 2 is 1.95 bits per heavy atom. The molecule has 1 aliphatic heterocycles. The Labute approximate surface area is 125 Å². The summed E-state index contributed by atoms with van der Waals surface area (Å²) in [6.07, 6.45) is 1.28. The summed E-state index contributed by atoms with van der Waals surface area (Å²) >= 11 is 0. The summed E-state index contributed by atoms with van der Waals surface area (Å²) in [5.74, 6) is -0.952. The Morgan fingerprint density at radius 1 is 1.29 bits per heavy atom. The van der Waals surface area contributed by atoms with Crippen molar-refractivity contribution in [2.24, 2.45) is 17.8 Å². The van der Waals surface area contributed by atoms with Crippen LogP contribution >= 0.6 is 0 Å². The molecule has 2 unspecified atom stereocenters. The average molecular weight is 289 g/mol. The van der Waals surface area contributed by atoms with E-state index in [0.29, 0.717) is 25.9 Å². The van der Waals surface area contributed by atoms with Crippen LogP contribution in [0.4, 0.5) is 0 Å². The highest BCUT2D eigenvalue weighted by molar-refractivity contribution is 5.81. The number of rotatable bonds is 5. The van der Waals surface area contributed by atoms with Crippen LogP contribution in [0.1, 0.15) is 25.8 Å². The SMILES string of the molecule is CC(C)C(Cc1ccccc1)C(=O)N1CCC(C(=O)O)C1. The van der Waals surface area contributed by atoms with Crippen LogP contribution < -0.4 is 0 Å². The molecule has 1 amide bonds. The molecule has 0 aliphatic carbocycles. The Hall–Kier alpha value is -1.84. The first-order chi connectivity index (χ1) is 9.99. The lowest BCUT2D eigenvalue weighted by molar-refractivity contribution is -0.141. The van der Waals surface area contributed by atoms with Gasteiger partial charge in [-0.3, -0.25) is 9.59 Å². The van der Waals surface area contributed by atoms with E-state index in [4.69, 9.17) is 5.11 Å². The van der Waals surface area contributed by atoms with Crippen LogP contribution in [0.3, 0.4) is 0 Å². The van der Waals surface area contributed by atoms with Gasteiger partial charge in [0, 0.05) is 19.0 Å². The normalized spacial score (nSPS) is 19.8. The van der Waals surface area contributed by atoms with Crippen molar-refractivity contribution in [2.45, 2.75) is 26.7 Å². The molecule has 0 spiro atoms. The van der Waals surface area contributed by atoms with E-state index in [1.165, 1.54) is 0 Å². The Bertz CT molecular complexity index is 498. The molecule has 1 aromatic rings. The topological polar surface area (TPSA) is 57.6 Å². The van der Waals surface area contributed by atoms with Crippen molar-refractivity contribution in [1.82, 2.24) is 4.90 Å². The van der Waals surface area contributed by atoms with Gasteiger partial charge in [-0.1, -0.05) is 44.2 Å². The van der Waals surface area contributed by atoms with Crippen LogP contribution in [0.15, 0.2) is 30.3 Å². The van der Waals surface area contributed by atoms with Gasteiger partial charge in [0.15, 0.2) is 0 Å². The molecule has 2 atom stereocenters. The summed E-state index contributed by atoms with van der Waals surface area (Å²) in [4.78, 5) is 25.4. The first kappa shape index (κ1) is 15.5. The Kier molecular flexibility index (Phi) is 4.99. The van der Waals surface area contributed by atoms with E-state index in [1.807, 2.05) is 30.3 Å². The van der Waals surface area contributed by atoms with Gasteiger partial charge in [-0.15, -0.1) is 0 Å². The zero-order valence-corrected chi connectivity index (χ0v) is 12.7. The minimum atomic E-state index is -0.797. The molecule has 0 saturated carbocycles. The maximum absolute atomic E-state index is 12.7. The van der Waals surface area contributed by atoms with E-state index in [0.717, 1.165) is 5.56 Å². The van der Waals surface area contributed by atoms with E-state index >= 15 is 0 Å². The molecule has 0 radical (unpaired) electrons. The van der Waals surface area contributed by atoms with Crippen LogP contribution in [-0.4, -0.2) is 35.0 Å². The zero-order valence-electron chi connectivity index (χ0n) is 12.7. The van der Waals surface area contributed by atoms with Gasteiger partial charge in [-0.25, -0.2) is 0 Å². The van der Waals surface area contributed by atoms with Gasteiger partial charge in [0.1, 0.15) is 0 Å². The van der Waals surface area contributed by atoms with Crippen molar-refractivity contribution in [3.8, 4) is 0 Å². The minimum absolute atomic E-state index is 0.0834. The first-order valence-electron chi connectivity index (χ1n) is 7.54. The van der Waals surface area contributed by atoms with Gasteiger partial charge in [0.2, 0.25) is 5.91 Å². The van der Waals surface area contributed by atoms with E-state index < -0.39 is 11.9 Å². The fraction of sp³-hybridized carbons (Fsp3) is 0.529. The van der Waals surface area contributed by atoms with Crippen molar-refractivity contribution in [2.75, 3.05) is 13.1 Å². The van der Waals surface area contributed by atoms with Crippen molar-refractivity contribution < 1.29 is 14.7 Å². The fourth-order valence-electron chi connectivity index (χ4n) is 2.87. The number of hydrogen-bond donors (Lipinski definition) is 1. The number of carbonyl (C=O) groups excluding carboxylic acids is 1. The molecule has 114 valence electrons. The second-order valence-corrected chi connectivity index (χ2v) is 6.15. The predicted octanol–water partition coefficient (Wildman–Crippen LogP) is 2.43. The maximum Gasteiger partial charge on any atom is 0.308 e. The van der Waals surface area contributed by atoms with Crippen LogP contribution in [0.25, 0.3) is 0 Å². The maximum atomic E-state index is 12.7. The lowest BCUT2D eigenvalue weighted by Crippen LogP contribution is -2.38. The highest BCUT2D eigenvalue weighted by Gasteiger charge is 2.34. The molecular weight excluding hydrogens is 266 g/mol. The van der Waals surface area contributed by atoms with Crippen LogP contribution in [-0.2, 0) is 16.0 Å². The second kappa shape index (κ2) is 6.74. The molecule has 0 aromatic heterocycles. The standard InChI is InChI=1S/C17H23NO3/c1-12(2)15(10-13-6-4-3-5-7-13)16(19)18-9-8-14(11-18)17(20)21/h3-7,12,14-15H,8-11H2,1-2H3,(H,20,21). The fourth-order valence-corrected chi connectivity index (χ4v) is 2.87. The van der Waals surface area contributed by atoms with E-state index in [2.05, 4.69) is 13.8 Å². The smallest absolute Gasteiger partial charge is 0.308 e. The number of benzene rings is 1. The van der Waals surface area contributed by atoms with Crippen LogP contribution in [0, 0.1) is 17.8 Å². The van der Waals surface area contributed by atoms with Crippen molar-refractivity contribution in [3.05, 3.63) is 35.9 Å². The number of likely N-dealkylation sites (tertiary alicyclic amines) is 1. The van der Waals surface area contributed by atoms with E-state index in [-0.39, 0.29) is 17.7 Å². The third-order valence-electron chi connectivity index (χ3n) is 4.27. The monoisotopic (exact) mass is 289 g/mol. The number of nitrogens with zero attached hydrogens (tertiary/aromatic N) is 1. The number of aliphatic carboxylic acids is 1. The minimum Gasteiger partial charge on any atom is -0.481 e. The predicted molar refractivity (Wildman–Crippen MR) is 80.8 cm³/mol. The number of carbonyl (C=O) groups is 2. The summed E-state index contributed by atoms with van der Waals surface area (Å²) in [5, 5.41) is 9.06. The lowest BCUT2D eigenvalue weighted by Gasteiger charge is -2.26. The molecule has 1 aliphatic rings. The van der Waals surface area contributed by atoms with Crippen molar-refractivity contribution >= 4 is 11.9 Å². The van der Waals surface area contributed by atoms with Crippen LogP contribution in [0.2, 0.25) is 0 Å². The molecular formula is C17H23NO3. The molecule has 1 N–H and O–H groups in total. The summed E-state index contributed by atoms with van der Waals surface area (Å²) in [6.45, 7) is 5.02. The molecule has 4 nitrogen and oxygen atoms in total. The number of amides is 1. The van der Waals surface area contributed by atoms with Gasteiger partial charge in [0.05, 0.1) is 5.92 Å². The van der Waals surface area contributed by atoms with Gasteiger partial charge < -0.3 is 10.0 Å². The summed E-state index contributed by atoms with van der Waals surface area (Å²) in [5.41, 5.74) is 1.15. The number of hydrogen-bond acceptors (Lipinski definition) is 2. The van der Waals surface area contributed by atoms with Gasteiger partial charge >= 0.3 is 5.97 Å². The molecule has 1 saturated heterocycles. The lowest BCUT2D eigenvalue weighted by atomic mass is 9.88. The molecule has 1 heterocycles. The Morgan fingerprint density at radius 3 is 2.48 bits per heavy atom. The number of carboxylic acid groups (broad SMARTS) is 1. The third kappa shape index (κ3) is 3.84. The molecule has 21 heavy (non-hydrogen) atoms. The van der Waals surface area contributed by atoms with Crippen molar-refractivity contribution in [3.63, 3.8) is 0 Å². The van der Waals surface area contributed by atoms with Crippen molar-refractivity contribution in [1.29, 1.82) is 0 Å². The van der Waals surface area contributed by atoms with Gasteiger partial charge in [-0.05, 0) is 24.3 Å². The van der Waals surface area contributed by atoms with E-state index in [1.54, 1.807) is 4.90 Å². The summed E-state index contributed by atoms with van der Waals surface area (Å²) in [6, 6.07) is 9.99. The highest BCUT2D eigenvalue weighted by atomic mass is 16.4. The molecule has 4 heteroatoms. The first-order valence-corrected chi connectivity index (χ1v) is 7.54. The molecule has 1 fully saturated rings. The third-order valence-corrected chi connectivity index (χ3v) is 4.27. The van der Waals surface area contributed by atoms with Gasteiger partial charge in [0.25, 0.3) is 0 Å². The van der Waals surface area contributed by atoms with Crippen LogP contribution in [0.5, 0.6) is 0 Å². The van der Waals surface area contributed by atoms with Gasteiger partial charge in [-0.2, -0.15) is 0 Å². The molecule has 0 bridgehead atoms. The number of carboxylic acids is 1. The quantitative estimate of drug-likeness (QED) is 0.905. The molecule has 2 rings (SSSR count). The summed E-state index contributed by atoms with van der Waals surface area (Å²) in [7, 11) is 0. The molecule has 1 aromatic carbocycles. The largest absolute Gasteiger partial charge is 0.481 e. The second-order valence-electron chi connectivity index (χ2n) is 6.15. The highest BCUT2D eigenvalue weighted by Crippen LogP contribution is 2.24. The summed E-state index contributed by atoms with van der Waals surface area (Å²) < 4.78 is 0. The van der Waals surface area contributed by atoms with E-state index in [9.17, 15) is 9.59 Å². The zero-order chi connectivity index (χ0) is 15.4. The Balaban J connectivity index is 2.05.